The van der Waals surface area contributed by atoms with Gasteiger partial charge in [-0.25, -0.2) is 8.78 Å². The minimum Gasteiger partial charge on any atom is -0.207 e. The lowest BCUT2D eigenvalue weighted by Crippen LogP contribution is -2.11. The molecule has 0 amide bonds. The first-order valence-electron chi connectivity index (χ1n) is 1.29. The van der Waals surface area contributed by atoms with Gasteiger partial charge in [-0.2, -0.15) is 0 Å². The Labute approximate surface area is 65.0 Å². The van der Waals surface area contributed by atoms with Crippen LogP contribution in [0.4, 0.5) is 8.78 Å². The van der Waals surface area contributed by atoms with Gasteiger partial charge < -0.3 is 0 Å². The average Bonchev–Trinajstić information content (AvgIpc) is 1.31. The van der Waals surface area contributed by atoms with Crippen molar-refractivity contribution in [1.82, 2.24) is 0 Å². The minimum absolute atomic E-state index is 1.40. The zero-order valence-electron chi connectivity index (χ0n) is 2.97. The van der Waals surface area contributed by atoms with E-state index in [1.54, 1.807) is 0 Å². The Bertz CT molecular complexity index is 56.4. The van der Waals surface area contributed by atoms with E-state index in [0.717, 1.165) is 0 Å². The largest absolute Gasteiger partial charge is 0.273 e. The molecule has 0 radical (unpaired) electrons. The van der Waals surface area contributed by atoms with Crippen LogP contribution in [0.3, 0.4) is 0 Å². The maximum atomic E-state index is 11.4. The summed E-state index contributed by atoms with van der Waals surface area (Å²) < 4.78 is 21.4. The Hall–Kier alpha value is 1.30. The van der Waals surface area contributed by atoms with Gasteiger partial charge in [0, 0.05) is 0 Å². The topological polar surface area (TPSA) is 0 Å². The molecule has 0 aromatic rings. The van der Waals surface area contributed by atoms with Crippen molar-refractivity contribution >= 4 is 47.8 Å². The van der Waals surface area contributed by atoms with Crippen LogP contribution in [0.1, 0.15) is 0 Å². The SMILES string of the molecule is FC(F)C(Br)(Br)Br. The summed E-state index contributed by atoms with van der Waals surface area (Å²) >= 11 is 7.88. The second-order valence-electron chi connectivity index (χ2n) is 0.842. The summed E-state index contributed by atoms with van der Waals surface area (Å²) in [6, 6.07) is 0. The van der Waals surface area contributed by atoms with Crippen molar-refractivity contribution in [2.24, 2.45) is 0 Å². The number of halogens is 5. The van der Waals surface area contributed by atoms with Crippen molar-refractivity contribution < 1.29 is 8.78 Å². The summed E-state index contributed by atoms with van der Waals surface area (Å²) in [6.45, 7) is 0. The first-order valence-corrected chi connectivity index (χ1v) is 3.67. The molecule has 0 atom stereocenters. The van der Waals surface area contributed by atoms with Crippen LogP contribution >= 0.6 is 47.8 Å². The maximum absolute atomic E-state index is 11.4. The predicted molar refractivity (Wildman–Crippen MR) is 35.5 cm³/mol. The molecule has 7 heavy (non-hydrogen) atoms. The Morgan fingerprint density at radius 1 is 1.14 bits per heavy atom. The lowest BCUT2D eigenvalue weighted by molar-refractivity contribution is 0.165. The van der Waals surface area contributed by atoms with Crippen molar-refractivity contribution in [3.05, 3.63) is 0 Å². The van der Waals surface area contributed by atoms with Crippen LogP contribution in [0.2, 0.25) is 0 Å². The maximum Gasteiger partial charge on any atom is 0.273 e. The molecular formula is C2HBr3F2. The number of hydrogen-bond acceptors (Lipinski definition) is 0. The molecule has 0 aromatic carbocycles. The van der Waals surface area contributed by atoms with Crippen LogP contribution < -0.4 is 0 Å². The number of alkyl halides is 5. The average molecular weight is 303 g/mol. The third-order valence-electron chi connectivity index (χ3n) is 0.247. The Morgan fingerprint density at radius 2 is 1.29 bits per heavy atom. The van der Waals surface area contributed by atoms with Gasteiger partial charge >= 0.3 is 0 Å². The summed E-state index contributed by atoms with van der Waals surface area (Å²) in [4.78, 5) is 0. The van der Waals surface area contributed by atoms with Gasteiger partial charge in [0.2, 0.25) is 0 Å². The molecule has 0 N–H and O–H groups in total. The highest BCUT2D eigenvalue weighted by Crippen LogP contribution is 2.39. The smallest absolute Gasteiger partial charge is 0.207 e. The van der Waals surface area contributed by atoms with E-state index in [4.69, 9.17) is 0 Å². The van der Waals surface area contributed by atoms with E-state index in [0.29, 0.717) is 0 Å². The Balaban J connectivity index is 3.54. The van der Waals surface area contributed by atoms with Gasteiger partial charge in [0.15, 0.2) is 2.14 Å². The first kappa shape index (κ1) is 8.30. The fourth-order valence-corrected chi connectivity index (χ4v) is 0. The van der Waals surface area contributed by atoms with Crippen LogP contribution in [0.25, 0.3) is 0 Å². The van der Waals surface area contributed by atoms with Gasteiger partial charge in [-0.15, -0.1) is 0 Å². The molecule has 5 heteroatoms. The molecule has 0 aliphatic rings. The molecule has 0 spiro atoms. The Kier molecular flexibility index (Phi) is 3.24. The van der Waals surface area contributed by atoms with Crippen molar-refractivity contribution in [3.63, 3.8) is 0 Å². The van der Waals surface area contributed by atoms with E-state index in [2.05, 4.69) is 47.8 Å². The lowest BCUT2D eigenvalue weighted by Gasteiger charge is -2.07. The second kappa shape index (κ2) is 2.73. The summed E-state index contributed by atoms with van der Waals surface area (Å²) in [6.07, 6.45) is -2.45. The fourth-order valence-electron chi connectivity index (χ4n) is 0. The normalized spacial score (nSPS) is 12.9. The Morgan fingerprint density at radius 3 is 1.29 bits per heavy atom. The number of rotatable bonds is 0. The monoisotopic (exact) mass is 300 g/mol. The summed E-state index contributed by atoms with van der Waals surface area (Å²) in [5, 5.41) is 0. The third-order valence-corrected chi connectivity index (χ3v) is 1.29. The highest BCUT2D eigenvalue weighted by molar-refractivity contribution is 9.39. The molecule has 0 heterocycles. The van der Waals surface area contributed by atoms with E-state index >= 15 is 0 Å². The van der Waals surface area contributed by atoms with Gasteiger partial charge in [0.1, 0.15) is 0 Å². The van der Waals surface area contributed by atoms with Crippen molar-refractivity contribution in [2.75, 3.05) is 0 Å². The van der Waals surface area contributed by atoms with E-state index in [-0.39, 0.29) is 0 Å². The highest BCUT2D eigenvalue weighted by Gasteiger charge is 2.30. The van der Waals surface area contributed by atoms with Crippen molar-refractivity contribution in [1.29, 1.82) is 0 Å². The van der Waals surface area contributed by atoms with Gasteiger partial charge in [-0.1, -0.05) is 47.8 Å². The minimum atomic E-state index is -2.45. The number of hydrogen-bond donors (Lipinski definition) is 0. The molecule has 44 valence electrons. The van der Waals surface area contributed by atoms with Crippen molar-refractivity contribution in [3.8, 4) is 0 Å². The van der Waals surface area contributed by atoms with Crippen molar-refractivity contribution in [2.45, 2.75) is 8.57 Å². The zero-order chi connectivity index (χ0) is 6.08. The standard InChI is InChI=1S/C2HBr3F2/c3-2(4,5)1(6)7/h1H. The molecule has 0 saturated heterocycles. The second-order valence-corrected chi connectivity index (χ2v) is 7.79. The van der Waals surface area contributed by atoms with Gasteiger partial charge in [0.25, 0.3) is 6.43 Å². The van der Waals surface area contributed by atoms with E-state index in [1.807, 2.05) is 0 Å². The molecule has 0 unspecified atom stereocenters. The highest BCUT2D eigenvalue weighted by atomic mass is 80.0. The van der Waals surface area contributed by atoms with Crippen LogP contribution in [-0.4, -0.2) is 8.57 Å². The lowest BCUT2D eigenvalue weighted by atomic mass is 10.9. The molecule has 0 aliphatic heterocycles. The van der Waals surface area contributed by atoms with Crippen LogP contribution in [-0.2, 0) is 0 Å². The zero-order valence-corrected chi connectivity index (χ0v) is 7.73. The molecule has 0 nitrogen and oxygen atoms in total. The van der Waals surface area contributed by atoms with Gasteiger partial charge in [-0.05, 0) is 0 Å². The van der Waals surface area contributed by atoms with Crippen LogP contribution in [0.15, 0.2) is 0 Å². The van der Waals surface area contributed by atoms with Gasteiger partial charge in [-0.3, -0.25) is 0 Å². The first-order chi connectivity index (χ1) is 2.94. The fraction of sp³-hybridized carbons (Fsp3) is 1.00. The summed E-state index contributed by atoms with van der Waals surface area (Å²) in [5.41, 5.74) is 0. The van der Waals surface area contributed by atoms with Crippen LogP contribution in [0, 0.1) is 0 Å². The molecule has 0 fully saturated rings. The molecule has 0 bridgehead atoms. The molecule has 0 aromatic heterocycles. The predicted octanol–water partition coefficient (Wildman–Crippen LogP) is 3.09. The van der Waals surface area contributed by atoms with E-state index in [1.165, 1.54) is 0 Å². The quantitative estimate of drug-likeness (QED) is 0.603. The molecular weight excluding hydrogens is 302 g/mol. The van der Waals surface area contributed by atoms with E-state index in [9.17, 15) is 8.78 Å². The van der Waals surface area contributed by atoms with Gasteiger partial charge in [0.05, 0.1) is 0 Å². The van der Waals surface area contributed by atoms with E-state index < -0.39 is 8.57 Å². The molecule has 0 rings (SSSR count). The molecule has 0 saturated carbocycles. The molecule has 0 aliphatic carbocycles. The van der Waals surface area contributed by atoms with Crippen LogP contribution in [0.5, 0.6) is 0 Å². The summed E-state index contributed by atoms with van der Waals surface area (Å²) in [5.74, 6) is 0. The third kappa shape index (κ3) is 3.85. The summed E-state index contributed by atoms with van der Waals surface area (Å²) in [7, 11) is 0.